The molecule has 0 spiro atoms. The van der Waals surface area contributed by atoms with E-state index in [2.05, 4.69) is 9.97 Å². The van der Waals surface area contributed by atoms with Crippen LogP contribution >= 0.6 is 0 Å². The summed E-state index contributed by atoms with van der Waals surface area (Å²) in [6.07, 6.45) is 3.46. The fourth-order valence-corrected chi connectivity index (χ4v) is 1.05. The minimum atomic E-state index is 0.260. The normalized spacial score (nSPS) is 10.0. The van der Waals surface area contributed by atoms with Gasteiger partial charge in [-0.2, -0.15) is 0 Å². The first kappa shape index (κ1) is 8.43. The maximum Gasteiger partial charge on any atom is 0.226 e. The third-order valence-corrected chi connectivity index (χ3v) is 1.67. The van der Waals surface area contributed by atoms with Crippen LogP contribution in [0.15, 0.2) is 29.0 Å². The molecule has 0 radical (unpaired) electrons. The van der Waals surface area contributed by atoms with Crippen molar-refractivity contribution in [1.29, 1.82) is 0 Å². The average Bonchev–Trinajstić information content (AvgIpc) is 2.66. The quantitative estimate of drug-likeness (QED) is 0.716. The number of hydrogen-bond donors (Lipinski definition) is 1. The maximum atomic E-state index is 10.4. The summed E-state index contributed by atoms with van der Waals surface area (Å²) in [4.78, 5) is 18.1. The highest BCUT2D eigenvalue weighted by Gasteiger charge is 2.05. The molecule has 0 amide bonds. The van der Waals surface area contributed by atoms with Gasteiger partial charge in [0.2, 0.25) is 5.89 Å². The standard InChI is InChI=1S/C9H7N3O2/c10-8-3-6(1-2-11-8)9-12-7(4-13)5-14-9/h1-5H,(H2,10,11). The van der Waals surface area contributed by atoms with E-state index < -0.39 is 0 Å². The summed E-state index contributed by atoms with van der Waals surface area (Å²) < 4.78 is 5.07. The van der Waals surface area contributed by atoms with Gasteiger partial charge in [0.25, 0.3) is 0 Å². The van der Waals surface area contributed by atoms with Crippen LogP contribution in [0.1, 0.15) is 10.5 Å². The SMILES string of the molecule is Nc1cc(-c2nc(C=O)co2)ccn1. The number of nitrogen functional groups attached to an aromatic ring is 1. The first-order valence-corrected chi connectivity index (χ1v) is 3.92. The molecule has 0 aliphatic carbocycles. The van der Waals surface area contributed by atoms with Crippen molar-refractivity contribution < 1.29 is 9.21 Å². The number of rotatable bonds is 2. The number of anilines is 1. The number of pyridine rings is 1. The molecule has 0 aliphatic rings. The van der Waals surface area contributed by atoms with Crippen molar-refractivity contribution in [3.63, 3.8) is 0 Å². The zero-order valence-corrected chi connectivity index (χ0v) is 7.18. The largest absolute Gasteiger partial charge is 0.444 e. The zero-order valence-electron chi connectivity index (χ0n) is 7.18. The Bertz CT molecular complexity index is 465. The van der Waals surface area contributed by atoms with Gasteiger partial charge in [0.15, 0.2) is 6.29 Å². The molecule has 0 saturated carbocycles. The van der Waals surface area contributed by atoms with E-state index in [0.717, 1.165) is 0 Å². The zero-order chi connectivity index (χ0) is 9.97. The Morgan fingerprint density at radius 2 is 2.36 bits per heavy atom. The Labute approximate surface area is 79.6 Å². The minimum Gasteiger partial charge on any atom is -0.444 e. The van der Waals surface area contributed by atoms with Crippen molar-refractivity contribution in [3.8, 4) is 11.5 Å². The van der Waals surface area contributed by atoms with Gasteiger partial charge in [-0.25, -0.2) is 9.97 Å². The highest BCUT2D eigenvalue weighted by molar-refractivity contribution is 5.72. The molecule has 2 aromatic rings. The molecule has 14 heavy (non-hydrogen) atoms. The van der Waals surface area contributed by atoms with Gasteiger partial charge in [-0.15, -0.1) is 0 Å². The second-order valence-corrected chi connectivity index (χ2v) is 2.66. The topological polar surface area (TPSA) is 82.0 Å². The highest BCUT2D eigenvalue weighted by Crippen LogP contribution is 2.18. The van der Waals surface area contributed by atoms with Crippen LogP contribution in [0.25, 0.3) is 11.5 Å². The fourth-order valence-electron chi connectivity index (χ4n) is 1.05. The summed E-state index contributed by atoms with van der Waals surface area (Å²) in [5, 5.41) is 0. The Kier molecular flexibility index (Phi) is 1.98. The van der Waals surface area contributed by atoms with Crippen LogP contribution in [0, 0.1) is 0 Å². The molecule has 0 aliphatic heterocycles. The molecule has 2 N–H and O–H groups in total. The van der Waals surface area contributed by atoms with E-state index in [0.29, 0.717) is 23.6 Å². The van der Waals surface area contributed by atoms with Crippen LogP contribution in [0.5, 0.6) is 0 Å². The van der Waals surface area contributed by atoms with Crippen molar-refractivity contribution in [3.05, 3.63) is 30.3 Å². The van der Waals surface area contributed by atoms with E-state index in [1.807, 2.05) is 0 Å². The van der Waals surface area contributed by atoms with Crippen LogP contribution < -0.4 is 5.73 Å². The van der Waals surface area contributed by atoms with Crippen molar-refractivity contribution >= 4 is 12.1 Å². The van der Waals surface area contributed by atoms with E-state index >= 15 is 0 Å². The molecule has 5 nitrogen and oxygen atoms in total. The number of hydrogen-bond acceptors (Lipinski definition) is 5. The lowest BCUT2D eigenvalue weighted by atomic mass is 10.2. The first-order valence-electron chi connectivity index (χ1n) is 3.92. The molecule has 0 atom stereocenters. The monoisotopic (exact) mass is 189 g/mol. The third-order valence-electron chi connectivity index (χ3n) is 1.67. The molecule has 2 aromatic heterocycles. The van der Waals surface area contributed by atoms with Crippen molar-refractivity contribution in [2.75, 3.05) is 5.73 Å². The Morgan fingerprint density at radius 3 is 3.00 bits per heavy atom. The average molecular weight is 189 g/mol. The fraction of sp³-hybridized carbons (Fsp3) is 0. The van der Waals surface area contributed by atoms with Crippen molar-refractivity contribution in [2.24, 2.45) is 0 Å². The molecule has 0 saturated heterocycles. The number of nitrogens with two attached hydrogens (primary N) is 1. The minimum absolute atomic E-state index is 0.260. The van der Waals surface area contributed by atoms with E-state index in [1.54, 1.807) is 18.3 Å². The van der Waals surface area contributed by atoms with E-state index in [1.165, 1.54) is 6.26 Å². The summed E-state index contributed by atoms with van der Waals surface area (Å²) in [5.74, 6) is 0.745. The van der Waals surface area contributed by atoms with Crippen LogP contribution in [-0.4, -0.2) is 16.3 Å². The summed E-state index contributed by atoms with van der Waals surface area (Å²) in [6.45, 7) is 0. The van der Waals surface area contributed by atoms with Gasteiger partial charge in [-0.3, -0.25) is 4.79 Å². The Hall–Kier alpha value is -2.17. The summed E-state index contributed by atoms with van der Waals surface area (Å²) in [7, 11) is 0. The van der Waals surface area contributed by atoms with Gasteiger partial charge in [0.1, 0.15) is 17.8 Å². The van der Waals surface area contributed by atoms with Gasteiger partial charge in [0.05, 0.1) is 0 Å². The van der Waals surface area contributed by atoms with Crippen LogP contribution in [0.4, 0.5) is 5.82 Å². The smallest absolute Gasteiger partial charge is 0.226 e. The van der Waals surface area contributed by atoms with Gasteiger partial charge in [-0.1, -0.05) is 0 Å². The number of carbonyl (C=O) groups excluding carboxylic acids is 1. The number of carbonyl (C=O) groups is 1. The lowest BCUT2D eigenvalue weighted by Crippen LogP contribution is -1.89. The van der Waals surface area contributed by atoms with Gasteiger partial charge in [0, 0.05) is 11.8 Å². The molecule has 70 valence electrons. The molecule has 0 aromatic carbocycles. The number of aromatic nitrogens is 2. The van der Waals surface area contributed by atoms with Crippen LogP contribution in [-0.2, 0) is 0 Å². The van der Waals surface area contributed by atoms with Crippen molar-refractivity contribution in [1.82, 2.24) is 9.97 Å². The maximum absolute atomic E-state index is 10.4. The van der Waals surface area contributed by atoms with Gasteiger partial charge in [-0.05, 0) is 12.1 Å². The Balaban J connectivity index is 2.43. The van der Waals surface area contributed by atoms with E-state index in [4.69, 9.17) is 10.2 Å². The summed E-state index contributed by atoms with van der Waals surface area (Å²) in [5.41, 5.74) is 6.44. The lowest BCUT2D eigenvalue weighted by Gasteiger charge is -1.95. The molecule has 0 bridgehead atoms. The third kappa shape index (κ3) is 1.47. The predicted molar refractivity (Wildman–Crippen MR) is 49.5 cm³/mol. The molecule has 5 heteroatoms. The highest BCUT2D eigenvalue weighted by atomic mass is 16.3. The summed E-state index contributed by atoms with van der Waals surface area (Å²) >= 11 is 0. The molecule has 0 fully saturated rings. The van der Waals surface area contributed by atoms with Crippen LogP contribution in [0.3, 0.4) is 0 Å². The first-order chi connectivity index (χ1) is 6.79. The van der Waals surface area contributed by atoms with Crippen molar-refractivity contribution in [2.45, 2.75) is 0 Å². The predicted octanol–water partition coefficient (Wildman–Crippen LogP) is 1.13. The van der Waals surface area contributed by atoms with Gasteiger partial charge < -0.3 is 10.2 Å². The molecule has 2 heterocycles. The van der Waals surface area contributed by atoms with Crippen LogP contribution in [0.2, 0.25) is 0 Å². The van der Waals surface area contributed by atoms with E-state index in [-0.39, 0.29) is 5.69 Å². The second-order valence-electron chi connectivity index (χ2n) is 2.66. The molecule has 0 unspecified atom stereocenters. The number of nitrogens with zero attached hydrogens (tertiary/aromatic N) is 2. The lowest BCUT2D eigenvalue weighted by molar-refractivity contribution is 0.111. The number of oxazole rings is 1. The summed E-state index contributed by atoms with van der Waals surface area (Å²) in [6, 6.07) is 3.33. The van der Waals surface area contributed by atoms with Gasteiger partial charge >= 0.3 is 0 Å². The van der Waals surface area contributed by atoms with E-state index in [9.17, 15) is 4.79 Å². The second kappa shape index (κ2) is 3.29. The molecular weight excluding hydrogens is 182 g/mol. The Morgan fingerprint density at radius 1 is 1.50 bits per heavy atom. The number of aldehydes is 1. The molecule has 2 rings (SSSR count). The molecular formula is C9H7N3O2.